The van der Waals surface area contributed by atoms with Crippen LogP contribution in [-0.4, -0.2) is 30.3 Å². The molecular formula is C19H24F3NO3. The van der Waals surface area contributed by atoms with Gasteiger partial charge in [-0.05, 0) is 39.2 Å². The standard InChI is InChI=1S/C19H24F3NO3/c1-18(2)10-12-5-3-8-15(17(12)26-18)25-11-16(24)23-14-7-4-6-13(9-14)19(20,21)22/h3,5,8,13-14H,4,6-7,9-11H2,1-2H3,(H,23,24). The number of rotatable bonds is 4. The van der Waals surface area contributed by atoms with Crippen LogP contribution >= 0.6 is 0 Å². The maximum atomic E-state index is 12.9. The van der Waals surface area contributed by atoms with E-state index in [1.165, 1.54) is 0 Å². The molecule has 0 spiro atoms. The van der Waals surface area contributed by atoms with Gasteiger partial charge in [0.25, 0.3) is 5.91 Å². The number of carbonyl (C=O) groups excluding carboxylic acids is 1. The van der Waals surface area contributed by atoms with Crippen molar-refractivity contribution in [2.45, 2.75) is 63.8 Å². The molecule has 1 N–H and O–H groups in total. The molecule has 1 saturated carbocycles. The molecule has 26 heavy (non-hydrogen) atoms. The lowest BCUT2D eigenvalue weighted by molar-refractivity contribution is -0.184. The minimum absolute atomic E-state index is 0.0622. The van der Waals surface area contributed by atoms with Crippen LogP contribution in [0.1, 0.15) is 45.1 Å². The maximum absolute atomic E-state index is 12.9. The van der Waals surface area contributed by atoms with Crippen molar-refractivity contribution < 1.29 is 27.4 Å². The molecule has 1 amide bonds. The molecule has 4 nitrogen and oxygen atoms in total. The number of fused-ring (bicyclic) bond motifs is 1. The van der Waals surface area contributed by atoms with Crippen LogP contribution < -0.4 is 14.8 Å². The maximum Gasteiger partial charge on any atom is 0.391 e. The van der Waals surface area contributed by atoms with Gasteiger partial charge >= 0.3 is 6.18 Å². The predicted molar refractivity (Wildman–Crippen MR) is 90.3 cm³/mol. The Hall–Kier alpha value is -1.92. The van der Waals surface area contributed by atoms with E-state index in [1.807, 2.05) is 26.0 Å². The molecule has 1 aliphatic carbocycles. The fourth-order valence-electron chi connectivity index (χ4n) is 3.73. The number of carbonyl (C=O) groups is 1. The van der Waals surface area contributed by atoms with Crippen LogP contribution in [0.2, 0.25) is 0 Å². The van der Waals surface area contributed by atoms with E-state index < -0.39 is 24.0 Å². The monoisotopic (exact) mass is 371 g/mol. The lowest BCUT2D eigenvalue weighted by Gasteiger charge is -2.31. The molecule has 1 fully saturated rings. The van der Waals surface area contributed by atoms with E-state index in [1.54, 1.807) is 6.07 Å². The summed E-state index contributed by atoms with van der Waals surface area (Å²) >= 11 is 0. The first-order valence-corrected chi connectivity index (χ1v) is 8.94. The summed E-state index contributed by atoms with van der Waals surface area (Å²) in [7, 11) is 0. The van der Waals surface area contributed by atoms with Gasteiger partial charge in [0.15, 0.2) is 18.1 Å². The fraction of sp³-hybridized carbons (Fsp3) is 0.632. The van der Waals surface area contributed by atoms with Crippen molar-refractivity contribution in [1.82, 2.24) is 5.32 Å². The predicted octanol–water partition coefficient (Wildman–Crippen LogP) is 4.02. The zero-order valence-corrected chi connectivity index (χ0v) is 15.0. The highest BCUT2D eigenvalue weighted by Crippen LogP contribution is 2.41. The van der Waals surface area contributed by atoms with Crippen molar-refractivity contribution >= 4 is 5.91 Å². The second-order valence-electron chi connectivity index (χ2n) is 7.74. The molecule has 2 aliphatic rings. The molecule has 3 rings (SSSR count). The Balaban J connectivity index is 1.54. The largest absolute Gasteiger partial charge is 0.483 e. The molecule has 144 valence electrons. The minimum Gasteiger partial charge on any atom is -0.483 e. The van der Waals surface area contributed by atoms with E-state index in [2.05, 4.69) is 5.32 Å². The van der Waals surface area contributed by atoms with E-state index >= 15 is 0 Å². The molecule has 1 heterocycles. The Kier molecular flexibility index (Phi) is 5.08. The number of halogens is 3. The average molecular weight is 371 g/mol. The summed E-state index contributed by atoms with van der Waals surface area (Å²) in [6.45, 7) is 3.71. The quantitative estimate of drug-likeness (QED) is 0.870. The first-order valence-electron chi connectivity index (χ1n) is 8.94. The second-order valence-corrected chi connectivity index (χ2v) is 7.74. The van der Waals surface area contributed by atoms with Gasteiger partial charge in [0.2, 0.25) is 0 Å². The van der Waals surface area contributed by atoms with Crippen molar-refractivity contribution in [3.05, 3.63) is 23.8 Å². The van der Waals surface area contributed by atoms with Crippen LogP contribution in [0.25, 0.3) is 0 Å². The van der Waals surface area contributed by atoms with Crippen molar-refractivity contribution in [1.29, 1.82) is 0 Å². The van der Waals surface area contributed by atoms with E-state index in [-0.39, 0.29) is 25.0 Å². The molecule has 7 heteroatoms. The fourth-order valence-corrected chi connectivity index (χ4v) is 3.73. The third-order valence-electron chi connectivity index (χ3n) is 4.92. The highest BCUT2D eigenvalue weighted by Gasteiger charge is 2.42. The zero-order chi connectivity index (χ0) is 18.9. The molecule has 2 atom stereocenters. The molecule has 0 bridgehead atoms. The third-order valence-corrected chi connectivity index (χ3v) is 4.92. The Morgan fingerprint density at radius 1 is 1.35 bits per heavy atom. The number of hydrogen-bond donors (Lipinski definition) is 1. The molecular weight excluding hydrogens is 347 g/mol. The van der Waals surface area contributed by atoms with Gasteiger partial charge in [-0.15, -0.1) is 0 Å². The first kappa shape index (κ1) is 18.9. The molecule has 0 saturated heterocycles. The summed E-state index contributed by atoms with van der Waals surface area (Å²) in [6, 6.07) is 5.07. The number of hydrogen-bond acceptors (Lipinski definition) is 3. The molecule has 0 aromatic heterocycles. The molecule has 1 aromatic carbocycles. The second kappa shape index (κ2) is 7.00. The van der Waals surface area contributed by atoms with Crippen LogP contribution in [0.3, 0.4) is 0 Å². The highest BCUT2D eigenvalue weighted by molar-refractivity contribution is 5.78. The smallest absolute Gasteiger partial charge is 0.391 e. The SMILES string of the molecule is CC1(C)Cc2cccc(OCC(=O)NC3CCCC(C(F)(F)F)C3)c2O1. The van der Waals surface area contributed by atoms with E-state index in [4.69, 9.17) is 9.47 Å². The Morgan fingerprint density at radius 2 is 2.12 bits per heavy atom. The number of benzene rings is 1. The van der Waals surface area contributed by atoms with E-state index in [9.17, 15) is 18.0 Å². The summed E-state index contributed by atoms with van der Waals surface area (Å²) in [6.07, 6.45) is -2.34. The Morgan fingerprint density at radius 3 is 2.85 bits per heavy atom. The average Bonchev–Trinajstić information content (AvgIpc) is 2.86. The highest BCUT2D eigenvalue weighted by atomic mass is 19.4. The number of nitrogens with one attached hydrogen (secondary N) is 1. The van der Waals surface area contributed by atoms with Gasteiger partial charge in [-0.3, -0.25) is 4.79 Å². The van der Waals surface area contributed by atoms with Gasteiger partial charge in [-0.1, -0.05) is 18.6 Å². The van der Waals surface area contributed by atoms with E-state index in [0.29, 0.717) is 24.3 Å². The Bertz CT molecular complexity index is 672. The first-order chi connectivity index (χ1) is 12.1. The summed E-state index contributed by atoms with van der Waals surface area (Å²) in [4.78, 5) is 12.1. The summed E-state index contributed by atoms with van der Waals surface area (Å²) in [5.41, 5.74) is 0.701. The lowest BCUT2D eigenvalue weighted by Crippen LogP contribution is -2.43. The van der Waals surface area contributed by atoms with Gasteiger partial charge in [0.05, 0.1) is 5.92 Å². The van der Waals surface area contributed by atoms with Gasteiger partial charge in [-0.25, -0.2) is 0 Å². The molecule has 2 unspecified atom stereocenters. The topological polar surface area (TPSA) is 47.6 Å². The Labute approximate surface area is 151 Å². The van der Waals surface area contributed by atoms with Gasteiger partial charge in [-0.2, -0.15) is 13.2 Å². The van der Waals surface area contributed by atoms with Crippen molar-refractivity contribution in [2.75, 3.05) is 6.61 Å². The summed E-state index contributed by atoms with van der Waals surface area (Å²) < 4.78 is 50.0. The van der Waals surface area contributed by atoms with Crippen LogP contribution in [0.15, 0.2) is 18.2 Å². The number of amides is 1. The van der Waals surface area contributed by atoms with Crippen LogP contribution in [0.5, 0.6) is 11.5 Å². The van der Waals surface area contributed by atoms with Gasteiger partial charge < -0.3 is 14.8 Å². The third kappa shape index (κ3) is 4.43. The van der Waals surface area contributed by atoms with Crippen LogP contribution in [-0.2, 0) is 11.2 Å². The van der Waals surface area contributed by atoms with Crippen molar-refractivity contribution in [3.63, 3.8) is 0 Å². The van der Waals surface area contributed by atoms with Crippen LogP contribution in [0.4, 0.5) is 13.2 Å². The number of ether oxygens (including phenoxy) is 2. The van der Waals surface area contributed by atoms with Gasteiger partial charge in [0, 0.05) is 18.0 Å². The lowest BCUT2D eigenvalue weighted by atomic mass is 9.85. The molecule has 1 aromatic rings. The molecule has 0 radical (unpaired) electrons. The summed E-state index contributed by atoms with van der Waals surface area (Å²) in [5.74, 6) is -0.622. The normalized spacial score (nSPS) is 24.5. The molecule has 1 aliphatic heterocycles. The van der Waals surface area contributed by atoms with Gasteiger partial charge in [0.1, 0.15) is 5.60 Å². The van der Waals surface area contributed by atoms with Crippen LogP contribution in [0, 0.1) is 5.92 Å². The summed E-state index contributed by atoms with van der Waals surface area (Å²) in [5, 5.41) is 2.67. The van der Waals surface area contributed by atoms with E-state index in [0.717, 1.165) is 12.0 Å². The zero-order valence-electron chi connectivity index (χ0n) is 15.0. The number of para-hydroxylation sites is 1. The van der Waals surface area contributed by atoms with Crippen molar-refractivity contribution in [3.8, 4) is 11.5 Å². The minimum atomic E-state index is -4.20. The van der Waals surface area contributed by atoms with Crippen molar-refractivity contribution in [2.24, 2.45) is 5.92 Å². The number of alkyl halides is 3.